The highest BCUT2D eigenvalue weighted by atomic mass is 32.2. The molecule has 1 N–H and O–H groups in total. The Balaban J connectivity index is 1.19. The van der Waals surface area contributed by atoms with E-state index in [0.29, 0.717) is 17.2 Å². The highest BCUT2D eigenvalue weighted by Gasteiger charge is 2.22. The monoisotopic (exact) mass is 489 g/mol. The molecule has 3 aromatic carbocycles. The third kappa shape index (κ3) is 5.24. The average Bonchev–Trinajstić information content (AvgIpc) is 3.28. The predicted molar refractivity (Wildman–Crippen MR) is 138 cm³/mol. The first-order valence-corrected chi connectivity index (χ1v) is 12.9. The second-order valence-electron chi connectivity index (χ2n) is 7.88. The number of carbonyl (C=O) groups is 2. The normalized spacial score (nSPS) is 12.9. The molecule has 0 spiro atoms. The number of hydrogen-bond acceptors (Lipinski definition) is 6. The van der Waals surface area contributed by atoms with Crippen LogP contribution in [0.3, 0.4) is 0 Å². The third-order valence-corrected chi connectivity index (χ3v) is 7.64. The maximum absolute atomic E-state index is 12.9. The molecule has 34 heavy (non-hydrogen) atoms. The molecule has 0 atom stereocenters. The summed E-state index contributed by atoms with van der Waals surface area (Å²) in [6.07, 6.45) is 2.00. The topological polar surface area (TPSA) is 71.5 Å². The van der Waals surface area contributed by atoms with Crippen molar-refractivity contribution in [3.63, 3.8) is 0 Å². The zero-order valence-electron chi connectivity index (χ0n) is 18.4. The van der Waals surface area contributed by atoms with E-state index in [1.807, 2.05) is 71.6 Å². The summed E-state index contributed by atoms with van der Waals surface area (Å²) in [6, 6.07) is 23.0. The molecule has 0 radical (unpaired) electrons. The summed E-state index contributed by atoms with van der Waals surface area (Å²) in [6.45, 7) is 0.695. The molecule has 4 aromatic rings. The molecule has 6 nitrogen and oxygen atoms in total. The van der Waals surface area contributed by atoms with Gasteiger partial charge in [-0.15, -0.1) is 11.3 Å². The summed E-state index contributed by atoms with van der Waals surface area (Å²) in [4.78, 5) is 31.7. The second-order valence-corrected chi connectivity index (χ2v) is 10.1. The molecule has 0 saturated carbocycles. The Morgan fingerprint density at radius 1 is 1.06 bits per heavy atom. The first-order valence-electron chi connectivity index (χ1n) is 11.0. The van der Waals surface area contributed by atoms with Crippen LogP contribution in [-0.2, 0) is 16.0 Å². The van der Waals surface area contributed by atoms with Crippen LogP contribution in [0.2, 0.25) is 0 Å². The van der Waals surface area contributed by atoms with Gasteiger partial charge in [-0.2, -0.15) is 0 Å². The van der Waals surface area contributed by atoms with Crippen LogP contribution < -0.4 is 15.0 Å². The number of fused-ring (bicyclic) bond motifs is 2. The number of thiazole rings is 1. The van der Waals surface area contributed by atoms with Gasteiger partial charge in [-0.05, 0) is 54.8 Å². The van der Waals surface area contributed by atoms with E-state index in [1.165, 1.54) is 28.7 Å². The lowest BCUT2D eigenvalue weighted by molar-refractivity contribution is -0.118. The van der Waals surface area contributed by atoms with Crippen LogP contribution in [0.15, 0.2) is 77.1 Å². The van der Waals surface area contributed by atoms with Gasteiger partial charge in [0.2, 0.25) is 5.91 Å². The number of nitrogens with zero attached hydrogens (tertiary/aromatic N) is 2. The lowest BCUT2D eigenvalue weighted by Gasteiger charge is -2.29. The molecule has 0 bridgehead atoms. The van der Waals surface area contributed by atoms with Gasteiger partial charge < -0.3 is 15.0 Å². The highest BCUT2D eigenvalue weighted by molar-refractivity contribution is 8.01. The van der Waals surface area contributed by atoms with E-state index in [2.05, 4.69) is 16.4 Å². The maximum atomic E-state index is 12.9. The first kappa shape index (κ1) is 22.4. The Morgan fingerprint density at radius 2 is 1.88 bits per heavy atom. The minimum absolute atomic E-state index is 0.0619. The SMILES string of the molecule is O=C(COc1ccccc1)Nc1ccc2nc(SCC(=O)N3CCCc4ccccc43)sc2c1. The van der Waals surface area contributed by atoms with Crippen LogP contribution >= 0.6 is 23.1 Å². The van der Waals surface area contributed by atoms with Crippen molar-refractivity contribution in [2.75, 3.05) is 29.1 Å². The van der Waals surface area contributed by atoms with Crippen molar-refractivity contribution in [2.45, 2.75) is 17.2 Å². The molecule has 2 heterocycles. The van der Waals surface area contributed by atoms with Crippen molar-refractivity contribution < 1.29 is 14.3 Å². The minimum atomic E-state index is -0.227. The highest BCUT2D eigenvalue weighted by Crippen LogP contribution is 2.33. The number of thioether (sulfide) groups is 1. The Bertz CT molecular complexity index is 1320. The lowest BCUT2D eigenvalue weighted by atomic mass is 10.0. The fourth-order valence-electron chi connectivity index (χ4n) is 3.90. The van der Waals surface area contributed by atoms with Gasteiger partial charge in [0.25, 0.3) is 5.91 Å². The summed E-state index contributed by atoms with van der Waals surface area (Å²) in [5.41, 5.74) is 3.80. The van der Waals surface area contributed by atoms with E-state index < -0.39 is 0 Å². The van der Waals surface area contributed by atoms with Gasteiger partial charge in [-0.1, -0.05) is 48.2 Å². The van der Waals surface area contributed by atoms with Crippen molar-refractivity contribution in [1.82, 2.24) is 4.98 Å². The van der Waals surface area contributed by atoms with Gasteiger partial charge >= 0.3 is 0 Å². The lowest BCUT2D eigenvalue weighted by Crippen LogP contribution is -2.36. The van der Waals surface area contributed by atoms with Crippen LogP contribution in [0.25, 0.3) is 10.2 Å². The number of ether oxygens (including phenoxy) is 1. The molecular weight excluding hydrogens is 466 g/mol. The zero-order valence-corrected chi connectivity index (χ0v) is 20.0. The summed E-state index contributed by atoms with van der Waals surface area (Å²) < 4.78 is 7.29. The number of aromatic nitrogens is 1. The second kappa shape index (κ2) is 10.3. The van der Waals surface area contributed by atoms with Gasteiger partial charge in [-0.25, -0.2) is 4.98 Å². The van der Waals surface area contributed by atoms with E-state index in [9.17, 15) is 9.59 Å². The third-order valence-electron chi connectivity index (χ3n) is 5.50. The molecule has 1 aliphatic heterocycles. The molecular formula is C26H23N3O3S2. The number of para-hydroxylation sites is 2. The summed E-state index contributed by atoms with van der Waals surface area (Å²) in [5.74, 6) is 0.867. The summed E-state index contributed by atoms with van der Waals surface area (Å²) in [5, 5.41) is 2.86. The first-order chi connectivity index (χ1) is 16.7. The Morgan fingerprint density at radius 3 is 2.76 bits per heavy atom. The van der Waals surface area contributed by atoms with Crippen LogP contribution in [0.4, 0.5) is 11.4 Å². The average molecular weight is 490 g/mol. The van der Waals surface area contributed by atoms with Gasteiger partial charge in [0.05, 0.1) is 16.0 Å². The van der Waals surface area contributed by atoms with Crippen molar-refractivity contribution in [3.05, 3.63) is 78.4 Å². The van der Waals surface area contributed by atoms with Gasteiger partial charge in [-0.3, -0.25) is 9.59 Å². The van der Waals surface area contributed by atoms with Crippen molar-refractivity contribution in [2.24, 2.45) is 0 Å². The predicted octanol–water partition coefficient (Wildman–Crippen LogP) is 5.39. The van der Waals surface area contributed by atoms with E-state index in [1.54, 1.807) is 0 Å². The number of carbonyl (C=O) groups excluding carboxylic acids is 2. The standard InChI is InChI=1S/C26H23N3O3S2/c30-24(16-32-20-9-2-1-3-10-20)27-19-12-13-21-23(15-19)34-26(28-21)33-17-25(31)29-14-6-8-18-7-4-5-11-22(18)29/h1-5,7,9-13,15H,6,8,14,16-17H2,(H,27,30). The molecule has 0 saturated heterocycles. The van der Waals surface area contributed by atoms with Gasteiger partial charge in [0.1, 0.15) is 5.75 Å². The zero-order chi connectivity index (χ0) is 23.3. The number of anilines is 2. The van der Waals surface area contributed by atoms with Gasteiger partial charge in [0, 0.05) is 17.9 Å². The molecule has 0 unspecified atom stereocenters. The van der Waals surface area contributed by atoms with Crippen LogP contribution in [-0.4, -0.2) is 35.7 Å². The van der Waals surface area contributed by atoms with E-state index >= 15 is 0 Å². The summed E-state index contributed by atoms with van der Waals surface area (Å²) >= 11 is 2.98. The molecule has 5 rings (SSSR count). The maximum Gasteiger partial charge on any atom is 0.262 e. The van der Waals surface area contributed by atoms with Crippen LogP contribution in [0.1, 0.15) is 12.0 Å². The van der Waals surface area contributed by atoms with E-state index in [0.717, 1.165) is 39.6 Å². The van der Waals surface area contributed by atoms with Crippen molar-refractivity contribution in [1.29, 1.82) is 0 Å². The van der Waals surface area contributed by atoms with Crippen LogP contribution in [0.5, 0.6) is 5.75 Å². The Labute approximate surface area is 206 Å². The summed E-state index contributed by atoms with van der Waals surface area (Å²) in [7, 11) is 0. The largest absolute Gasteiger partial charge is 0.484 e. The van der Waals surface area contributed by atoms with E-state index in [-0.39, 0.29) is 18.4 Å². The van der Waals surface area contributed by atoms with E-state index in [4.69, 9.17) is 4.74 Å². The Hall–Kier alpha value is -3.36. The van der Waals surface area contributed by atoms with Gasteiger partial charge in [0.15, 0.2) is 10.9 Å². The van der Waals surface area contributed by atoms with Crippen molar-refractivity contribution >= 4 is 56.5 Å². The molecule has 1 aromatic heterocycles. The molecule has 8 heteroatoms. The molecule has 0 aliphatic carbocycles. The number of amides is 2. The molecule has 172 valence electrons. The number of nitrogens with one attached hydrogen (secondary N) is 1. The van der Waals surface area contributed by atoms with Crippen molar-refractivity contribution in [3.8, 4) is 5.75 Å². The Kier molecular flexibility index (Phi) is 6.78. The molecule has 2 amide bonds. The number of aryl methyl sites for hydroxylation is 1. The van der Waals surface area contributed by atoms with Crippen LogP contribution in [0, 0.1) is 0 Å². The molecule has 0 fully saturated rings. The fourth-order valence-corrected chi connectivity index (χ4v) is 5.88. The number of hydrogen-bond donors (Lipinski definition) is 1. The fraction of sp³-hybridized carbons (Fsp3) is 0.192. The number of benzene rings is 3. The number of rotatable bonds is 7. The molecule has 1 aliphatic rings. The quantitative estimate of drug-likeness (QED) is 0.353. The smallest absolute Gasteiger partial charge is 0.262 e. The minimum Gasteiger partial charge on any atom is -0.484 e.